The average molecular weight is 811 g/mol. The highest BCUT2D eigenvalue weighted by molar-refractivity contribution is 6.33. The Kier molecular flexibility index (Phi) is 13.1. The first kappa shape index (κ1) is 42.0. The standard InChI is InChI=1S/C25H25N3O3.C22H22ClN3O2/c1-16-8-9-22(21(12-16)25(30)31)27-20-13-17(2)23(26-15-20)18-6-5-7-19(14-18)24(29)28-10-3-4-11-28;1-14-9-10-19(17(11-14)21(27)28-22(2,3)4)26-15-12-24-20(25-13-15)16-7-5-6-8-18(16)23/h5-9,12-15,27H,3-4,10-11H2,1-2H3,(H,30,31);5-13,26H,1-4H3. The number of aryl methyl sites for hydroxylation is 3. The van der Waals surface area contributed by atoms with E-state index >= 15 is 0 Å². The summed E-state index contributed by atoms with van der Waals surface area (Å²) in [5.74, 6) is -0.762. The van der Waals surface area contributed by atoms with Gasteiger partial charge in [-0.2, -0.15) is 0 Å². The number of ether oxygens (including phenoxy) is 1. The van der Waals surface area contributed by atoms with E-state index in [0.29, 0.717) is 44.7 Å². The minimum Gasteiger partial charge on any atom is -0.478 e. The van der Waals surface area contributed by atoms with Gasteiger partial charge in [0, 0.05) is 29.8 Å². The fourth-order valence-corrected chi connectivity index (χ4v) is 6.77. The molecule has 6 aromatic rings. The topological polar surface area (TPSA) is 147 Å². The van der Waals surface area contributed by atoms with E-state index in [-0.39, 0.29) is 17.4 Å². The highest BCUT2D eigenvalue weighted by Gasteiger charge is 2.22. The van der Waals surface area contributed by atoms with Crippen LogP contribution in [0.2, 0.25) is 5.02 Å². The summed E-state index contributed by atoms with van der Waals surface area (Å²) in [6, 6.07) is 27.8. The molecule has 3 heterocycles. The molecule has 0 bridgehead atoms. The molecule has 0 aliphatic carbocycles. The summed E-state index contributed by atoms with van der Waals surface area (Å²) in [5.41, 5.74) is 8.53. The molecule has 2 aromatic heterocycles. The van der Waals surface area contributed by atoms with Crippen LogP contribution in [0.25, 0.3) is 22.6 Å². The summed E-state index contributed by atoms with van der Waals surface area (Å²) < 4.78 is 5.52. The number of nitrogens with zero attached hydrogens (tertiary/aromatic N) is 4. The maximum atomic E-state index is 12.7. The lowest BCUT2D eigenvalue weighted by atomic mass is 10.0. The lowest BCUT2D eigenvalue weighted by molar-refractivity contribution is 0.00702. The van der Waals surface area contributed by atoms with E-state index in [1.165, 1.54) is 0 Å². The summed E-state index contributed by atoms with van der Waals surface area (Å²) >= 11 is 6.20. The maximum Gasteiger partial charge on any atom is 0.340 e. The number of hydrogen-bond donors (Lipinski definition) is 3. The van der Waals surface area contributed by atoms with Crippen molar-refractivity contribution in [3.8, 4) is 22.6 Å². The Morgan fingerprint density at radius 3 is 1.97 bits per heavy atom. The van der Waals surface area contributed by atoms with E-state index in [0.717, 1.165) is 59.4 Å². The summed E-state index contributed by atoms with van der Waals surface area (Å²) in [6.45, 7) is 12.9. The number of halogens is 1. The molecular weight excluding hydrogens is 764 g/mol. The molecule has 0 spiro atoms. The van der Waals surface area contributed by atoms with Crippen molar-refractivity contribution in [2.45, 2.75) is 60.0 Å². The molecule has 1 fully saturated rings. The third-order valence-corrected chi connectivity index (χ3v) is 9.71. The van der Waals surface area contributed by atoms with Gasteiger partial charge in [0.15, 0.2) is 5.82 Å². The fourth-order valence-electron chi connectivity index (χ4n) is 6.55. The zero-order valence-electron chi connectivity index (χ0n) is 34.0. The SMILES string of the molecule is Cc1ccc(Nc2cnc(-c3cccc(C(=O)N4CCCC4)c3)c(C)c2)c(C(=O)O)c1.Cc1ccc(Nc2cnc(-c3ccccc3Cl)nc2)c(C(=O)OC(C)(C)C)c1. The molecular formula is C47H47ClN6O5. The van der Waals surface area contributed by atoms with Crippen LogP contribution in [-0.4, -0.2) is 61.5 Å². The normalized spacial score (nSPS) is 12.3. The Morgan fingerprint density at radius 1 is 0.729 bits per heavy atom. The van der Waals surface area contributed by atoms with E-state index < -0.39 is 11.6 Å². The molecule has 59 heavy (non-hydrogen) atoms. The predicted octanol–water partition coefficient (Wildman–Crippen LogP) is 10.8. The third-order valence-electron chi connectivity index (χ3n) is 9.38. The summed E-state index contributed by atoms with van der Waals surface area (Å²) in [6.07, 6.45) is 7.12. The minimum absolute atomic E-state index is 0.0656. The number of esters is 1. The monoisotopic (exact) mass is 810 g/mol. The van der Waals surface area contributed by atoms with Gasteiger partial charge in [0.25, 0.3) is 5.91 Å². The number of aromatic carboxylic acids is 1. The van der Waals surface area contributed by atoms with Crippen LogP contribution in [0.3, 0.4) is 0 Å². The van der Waals surface area contributed by atoms with Gasteiger partial charge in [-0.05, 0) is 115 Å². The largest absolute Gasteiger partial charge is 0.478 e. The van der Waals surface area contributed by atoms with Gasteiger partial charge in [-0.3, -0.25) is 9.78 Å². The van der Waals surface area contributed by atoms with Crippen LogP contribution in [0.4, 0.5) is 22.7 Å². The second-order valence-electron chi connectivity index (χ2n) is 15.4. The van der Waals surface area contributed by atoms with Gasteiger partial charge >= 0.3 is 11.9 Å². The van der Waals surface area contributed by atoms with E-state index in [1.807, 2.05) is 113 Å². The van der Waals surface area contributed by atoms with E-state index in [2.05, 4.69) is 25.6 Å². The number of anilines is 4. The van der Waals surface area contributed by atoms with Crippen molar-refractivity contribution >= 4 is 52.2 Å². The Hall–Kier alpha value is -6.59. The zero-order valence-corrected chi connectivity index (χ0v) is 34.7. The number of nitrogens with one attached hydrogen (secondary N) is 2. The van der Waals surface area contributed by atoms with Crippen LogP contribution >= 0.6 is 11.6 Å². The number of carbonyl (C=O) groups excluding carboxylic acids is 2. The van der Waals surface area contributed by atoms with Gasteiger partial charge in [0.2, 0.25) is 0 Å². The van der Waals surface area contributed by atoms with Gasteiger partial charge in [0.05, 0.1) is 63.2 Å². The lowest BCUT2D eigenvalue weighted by Gasteiger charge is -2.21. The summed E-state index contributed by atoms with van der Waals surface area (Å²) in [4.78, 5) is 52.2. The molecule has 11 nitrogen and oxygen atoms in total. The molecule has 4 aromatic carbocycles. The first-order valence-electron chi connectivity index (χ1n) is 19.3. The molecule has 0 unspecified atom stereocenters. The fraction of sp³-hybridized carbons (Fsp3) is 0.234. The Labute approximate surface area is 349 Å². The minimum atomic E-state index is -0.980. The average Bonchev–Trinajstić information content (AvgIpc) is 3.75. The smallest absolute Gasteiger partial charge is 0.340 e. The van der Waals surface area contributed by atoms with Gasteiger partial charge in [0.1, 0.15) is 5.60 Å². The maximum absolute atomic E-state index is 12.7. The van der Waals surface area contributed by atoms with Crippen LogP contribution < -0.4 is 10.6 Å². The molecule has 1 aliphatic heterocycles. The number of pyridine rings is 1. The van der Waals surface area contributed by atoms with Crippen LogP contribution in [-0.2, 0) is 4.74 Å². The van der Waals surface area contributed by atoms with Crippen molar-refractivity contribution in [2.24, 2.45) is 0 Å². The van der Waals surface area contributed by atoms with Gasteiger partial charge in [-0.1, -0.05) is 59.1 Å². The first-order valence-corrected chi connectivity index (χ1v) is 19.7. The van der Waals surface area contributed by atoms with Crippen molar-refractivity contribution in [2.75, 3.05) is 23.7 Å². The molecule has 3 N–H and O–H groups in total. The van der Waals surface area contributed by atoms with Crippen molar-refractivity contribution < 1.29 is 24.2 Å². The number of carboxylic acids is 1. The van der Waals surface area contributed by atoms with E-state index in [1.54, 1.807) is 42.9 Å². The second kappa shape index (κ2) is 18.3. The van der Waals surface area contributed by atoms with Crippen molar-refractivity contribution in [3.63, 3.8) is 0 Å². The number of carboxylic acid groups (broad SMARTS) is 1. The highest BCUT2D eigenvalue weighted by atomic mass is 35.5. The Morgan fingerprint density at radius 2 is 1.34 bits per heavy atom. The molecule has 12 heteroatoms. The van der Waals surface area contributed by atoms with Gasteiger partial charge < -0.3 is 25.4 Å². The first-order chi connectivity index (χ1) is 28.1. The lowest BCUT2D eigenvalue weighted by Crippen LogP contribution is -2.27. The van der Waals surface area contributed by atoms with Gasteiger partial charge in [-0.25, -0.2) is 19.6 Å². The molecule has 0 atom stereocenters. The summed E-state index contributed by atoms with van der Waals surface area (Å²) in [5, 5.41) is 16.4. The number of likely N-dealkylation sites (tertiary alicyclic amines) is 1. The molecule has 302 valence electrons. The molecule has 7 rings (SSSR count). The molecule has 1 aliphatic rings. The van der Waals surface area contributed by atoms with E-state index in [4.69, 9.17) is 16.3 Å². The van der Waals surface area contributed by atoms with Crippen molar-refractivity contribution in [1.29, 1.82) is 0 Å². The van der Waals surface area contributed by atoms with Crippen LogP contribution in [0.1, 0.15) is 81.4 Å². The number of carbonyl (C=O) groups is 3. The van der Waals surface area contributed by atoms with Crippen molar-refractivity contribution in [3.05, 3.63) is 148 Å². The molecule has 1 amide bonds. The quantitative estimate of drug-likeness (QED) is 0.121. The third kappa shape index (κ3) is 10.9. The molecule has 1 saturated heterocycles. The van der Waals surface area contributed by atoms with E-state index in [9.17, 15) is 19.5 Å². The van der Waals surface area contributed by atoms with Gasteiger partial charge in [-0.15, -0.1) is 0 Å². The number of amides is 1. The Balaban J connectivity index is 0.000000199. The van der Waals surface area contributed by atoms with Crippen LogP contribution in [0, 0.1) is 20.8 Å². The number of benzene rings is 4. The second-order valence-corrected chi connectivity index (χ2v) is 15.8. The predicted molar refractivity (Wildman–Crippen MR) is 233 cm³/mol. The zero-order chi connectivity index (χ0) is 42.3. The van der Waals surface area contributed by atoms with Crippen molar-refractivity contribution in [1.82, 2.24) is 19.9 Å². The molecule has 0 radical (unpaired) electrons. The van der Waals surface area contributed by atoms with Crippen LogP contribution in [0.5, 0.6) is 0 Å². The highest BCUT2D eigenvalue weighted by Crippen LogP contribution is 2.30. The molecule has 0 saturated carbocycles. The Bertz CT molecular complexity index is 2490. The van der Waals surface area contributed by atoms with Crippen LogP contribution in [0.15, 0.2) is 110 Å². The number of rotatable bonds is 9. The number of aromatic nitrogens is 3. The number of hydrogen-bond acceptors (Lipinski definition) is 9. The summed E-state index contributed by atoms with van der Waals surface area (Å²) in [7, 11) is 0.